The monoisotopic (exact) mass is 466 g/mol. The Morgan fingerprint density at radius 1 is 1.28 bits per heavy atom. The van der Waals surface area contributed by atoms with E-state index in [9.17, 15) is 13.6 Å². The Labute approximate surface area is 164 Å². The third kappa shape index (κ3) is 9.37. The number of carbonyl (C=O) groups is 1. The third-order valence-corrected chi connectivity index (χ3v) is 3.12. The summed E-state index contributed by atoms with van der Waals surface area (Å²) >= 11 is 0. The summed E-state index contributed by atoms with van der Waals surface area (Å²) in [5.41, 5.74) is 1.19. The molecule has 8 heteroatoms. The van der Waals surface area contributed by atoms with Crippen molar-refractivity contribution in [3.63, 3.8) is 0 Å². The van der Waals surface area contributed by atoms with Crippen molar-refractivity contribution < 1.29 is 13.6 Å². The predicted octanol–water partition coefficient (Wildman–Crippen LogP) is 2.32. The number of rotatable bonds is 7. The van der Waals surface area contributed by atoms with E-state index in [2.05, 4.69) is 22.2 Å². The van der Waals surface area contributed by atoms with Crippen molar-refractivity contribution >= 4 is 35.8 Å². The molecule has 0 saturated heterocycles. The molecular weight excluding hydrogens is 441 g/mol. The molecule has 0 aromatic heterocycles. The quantitative estimate of drug-likeness (QED) is 0.281. The third-order valence-electron chi connectivity index (χ3n) is 3.12. The van der Waals surface area contributed by atoms with Gasteiger partial charge in [0, 0.05) is 27.2 Å². The molecular formula is C17H25F2IN4O. The van der Waals surface area contributed by atoms with Crippen LogP contribution in [0.1, 0.15) is 12.5 Å². The van der Waals surface area contributed by atoms with E-state index in [-0.39, 0.29) is 42.0 Å². The average molecular weight is 466 g/mol. The van der Waals surface area contributed by atoms with Gasteiger partial charge in [0.25, 0.3) is 0 Å². The van der Waals surface area contributed by atoms with Gasteiger partial charge in [0.1, 0.15) is 18.2 Å². The summed E-state index contributed by atoms with van der Waals surface area (Å²) in [6, 6.07) is 3.36. The minimum atomic E-state index is -0.475. The molecule has 0 spiro atoms. The van der Waals surface area contributed by atoms with E-state index in [1.165, 1.54) is 11.0 Å². The molecule has 0 unspecified atom stereocenters. The van der Waals surface area contributed by atoms with Crippen LogP contribution >= 0.6 is 24.0 Å². The van der Waals surface area contributed by atoms with Crippen LogP contribution in [-0.4, -0.2) is 50.5 Å². The lowest BCUT2D eigenvalue weighted by molar-refractivity contribution is -0.127. The molecule has 0 aliphatic heterocycles. The average Bonchev–Trinajstić information content (AvgIpc) is 2.52. The number of amides is 1. The smallest absolute Gasteiger partial charge is 0.243 e. The molecule has 140 valence electrons. The zero-order chi connectivity index (χ0) is 18.1. The van der Waals surface area contributed by atoms with Gasteiger partial charge in [-0.3, -0.25) is 4.79 Å². The van der Waals surface area contributed by atoms with Gasteiger partial charge in [-0.05, 0) is 37.1 Å². The Morgan fingerprint density at radius 2 is 1.96 bits per heavy atom. The Kier molecular flexibility index (Phi) is 11.0. The normalized spacial score (nSPS) is 10.7. The first kappa shape index (κ1) is 23.3. The number of guanidine groups is 1. The van der Waals surface area contributed by atoms with Crippen LogP contribution < -0.4 is 10.6 Å². The highest BCUT2D eigenvalue weighted by Crippen LogP contribution is 2.09. The molecule has 0 heterocycles. The highest BCUT2D eigenvalue weighted by molar-refractivity contribution is 14.0. The number of halogens is 3. The van der Waals surface area contributed by atoms with Crippen LogP contribution in [0.15, 0.2) is 35.3 Å². The van der Waals surface area contributed by atoms with Crippen LogP contribution in [0.4, 0.5) is 8.78 Å². The van der Waals surface area contributed by atoms with Crippen LogP contribution in [0.5, 0.6) is 0 Å². The van der Waals surface area contributed by atoms with Crippen LogP contribution in [0.2, 0.25) is 0 Å². The summed E-state index contributed by atoms with van der Waals surface area (Å²) in [5.74, 6) is -0.640. The van der Waals surface area contributed by atoms with Crippen molar-refractivity contribution in [2.24, 2.45) is 4.99 Å². The number of benzene rings is 1. The highest BCUT2D eigenvalue weighted by Gasteiger charge is 2.06. The van der Waals surface area contributed by atoms with Crippen LogP contribution in [0.3, 0.4) is 0 Å². The van der Waals surface area contributed by atoms with Gasteiger partial charge in [0.15, 0.2) is 5.96 Å². The maximum absolute atomic E-state index is 13.6. The van der Waals surface area contributed by atoms with Gasteiger partial charge < -0.3 is 15.5 Å². The fourth-order valence-corrected chi connectivity index (χ4v) is 1.75. The van der Waals surface area contributed by atoms with Crippen molar-refractivity contribution in [2.75, 3.05) is 33.7 Å². The second kappa shape index (κ2) is 11.8. The molecule has 1 amide bonds. The van der Waals surface area contributed by atoms with E-state index in [0.29, 0.717) is 25.5 Å². The van der Waals surface area contributed by atoms with Gasteiger partial charge in [-0.25, -0.2) is 13.8 Å². The van der Waals surface area contributed by atoms with Crippen LogP contribution in [0.25, 0.3) is 0 Å². The molecule has 2 N–H and O–H groups in total. The van der Waals surface area contributed by atoms with E-state index in [0.717, 1.165) is 17.7 Å². The molecule has 0 fully saturated rings. The Morgan fingerprint density at radius 3 is 2.56 bits per heavy atom. The summed E-state index contributed by atoms with van der Waals surface area (Å²) in [6.45, 7) is 6.48. The SMILES string of the molecule is C=C(C)CNC(=NCC(=O)N(C)C)NCCc1cc(F)ccc1F.I. The van der Waals surface area contributed by atoms with Crippen molar-refractivity contribution in [3.05, 3.63) is 47.5 Å². The zero-order valence-corrected chi connectivity index (χ0v) is 17.1. The van der Waals surface area contributed by atoms with E-state index in [4.69, 9.17) is 0 Å². The number of nitrogens with zero attached hydrogens (tertiary/aromatic N) is 2. The number of likely N-dealkylation sites (N-methyl/N-ethyl adjacent to an activating group) is 1. The predicted molar refractivity (Wildman–Crippen MR) is 107 cm³/mol. The number of carbonyl (C=O) groups excluding carboxylic acids is 1. The number of hydrogen-bond acceptors (Lipinski definition) is 2. The number of nitrogens with one attached hydrogen (secondary N) is 2. The molecule has 1 aromatic rings. The van der Waals surface area contributed by atoms with Gasteiger partial charge in [0.2, 0.25) is 5.91 Å². The molecule has 0 aliphatic rings. The second-order valence-electron chi connectivity index (χ2n) is 5.68. The fourth-order valence-electron chi connectivity index (χ4n) is 1.75. The van der Waals surface area contributed by atoms with Gasteiger partial charge in [-0.1, -0.05) is 12.2 Å². The molecule has 1 aromatic carbocycles. The Bertz CT molecular complexity index is 621. The summed E-state index contributed by atoms with van der Waals surface area (Å²) < 4.78 is 26.7. The zero-order valence-electron chi connectivity index (χ0n) is 14.7. The van der Waals surface area contributed by atoms with Gasteiger partial charge in [-0.2, -0.15) is 0 Å². The number of hydrogen-bond donors (Lipinski definition) is 2. The lowest BCUT2D eigenvalue weighted by Crippen LogP contribution is -2.40. The van der Waals surface area contributed by atoms with Gasteiger partial charge >= 0.3 is 0 Å². The van der Waals surface area contributed by atoms with E-state index < -0.39 is 11.6 Å². The van der Waals surface area contributed by atoms with Gasteiger partial charge in [-0.15, -0.1) is 24.0 Å². The van der Waals surface area contributed by atoms with Crippen molar-refractivity contribution in [1.29, 1.82) is 0 Å². The van der Waals surface area contributed by atoms with E-state index in [1.54, 1.807) is 14.1 Å². The molecule has 1 rings (SSSR count). The summed E-state index contributed by atoms with van der Waals surface area (Å²) in [7, 11) is 3.30. The largest absolute Gasteiger partial charge is 0.356 e. The molecule has 0 atom stereocenters. The summed E-state index contributed by atoms with van der Waals surface area (Å²) in [6.07, 6.45) is 0.291. The van der Waals surface area contributed by atoms with E-state index >= 15 is 0 Å². The van der Waals surface area contributed by atoms with Crippen molar-refractivity contribution in [1.82, 2.24) is 15.5 Å². The highest BCUT2D eigenvalue weighted by atomic mass is 127. The second-order valence-corrected chi connectivity index (χ2v) is 5.68. The summed E-state index contributed by atoms with van der Waals surface area (Å²) in [4.78, 5) is 17.2. The number of aliphatic imine (C=N–C) groups is 1. The summed E-state index contributed by atoms with van der Waals surface area (Å²) in [5, 5.41) is 6.03. The fraction of sp³-hybridized carbons (Fsp3) is 0.412. The van der Waals surface area contributed by atoms with E-state index in [1.807, 2.05) is 6.92 Å². The maximum Gasteiger partial charge on any atom is 0.243 e. The minimum Gasteiger partial charge on any atom is -0.356 e. The van der Waals surface area contributed by atoms with Gasteiger partial charge in [0.05, 0.1) is 0 Å². The lowest BCUT2D eigenvalue weighted by Gasteiger charge is -2.14. The van der Waals surface area contributed by atoms with Crippen molar-refractivity contribution in [3.8, 4) is 0 Å². The van der Waals surface area contributed by atoms with Crippen LogP contribution in [-0.2, 0) is 11.2 Å². The first-order chi connectivity index (χ1) is 11.3. The first-order valence-corrected chi connectivity index (χ1v) is 7.60. The minimum absolute atomic E-state index is 0. The molecule has 0 bridgehead atoms. The van der Waals surface area contributed by atoms with Crippen molar-refractivity contribution in [2.45, 2.75) is 13.3 Å². The molecule has 0 saturated carbocycles. The topological polar surface area (TPSA) is 56.7 Å². The molecule has 5 nitrogen and oxygen atoms in total. The lowest BCUT2D eigenvalue weighted by atomic mass is 10.1. The first-order valence-electron chi connectivity index (χ1n) is 7.60. The maximum atomic E-state index is 13.6. The molecule has 25 heavy (non-hydrogen) atoms. The van der Waals surface area contributed by atoms with Crippen LogP contribution in [0, 0.1) is 11.6 Å². The molecule has 0 aliphatic carbocycles. The Hall–Kier alpha value is -1.71. The molecule has 0 radical (unpaired) electrons. The standard InChI is InChI=1S/C17H24F2N4O.HI/c1-12(2)10-21-17(22-11-16(24)23(3)4)20-8-7-13-9-14(18)5-6-15(13)19;/h5-6,9H,1,7-8,10-11H2,2-4H3,(H2,20,21,22);1H. The Balaban J connectivity index is 0.00000576.